The number of hydrogen-bond acceptors (Lipinski definition) is 6. The van der Waals surface area contributed by atoms with Crippen molar-refractivity contribution in [3.8, 4) is 5.75 Å². The minimum atomic E-state index is -1.54. The molecule has 1 heterocycles. The zero-order valence-corrected chi connectivity index (χ0v) is 24.5. The smallest absolute Gasteiger partial charge is 0.258 e. The van der Waals surface area contributed by atoms with Crippen LogP contribution in [-0.2, 0) is 20.8 Å². The number of hydrogen-bond donors (Lipinski definition) is 3. The zero-order valence-electron chi connectivity index (χ0n) is 23.7. The molecule has 3 N–H and O–H groups in total. The summed E-state index contributed by atoms with van der Waals surface area (Å²) >= 11 is 1.46. The molecule has 0 saturated carbocycles. The third kappa shape index (κ3) is 8.73. The molecule has 3 rings (SSSR count). The Morgan fingerprint density at radius 3 is 2.44 bits per heavy atom. The first kappa shape index (κ1) is 30.5. The number of amides is 3. The number of ether oxygens (including phenoxy) is 1. The van der Waals surface area contributed by atoms with Gasteiger partial charge in [-0.1, -0.05) is 56.3 Å². The number of aryl methyl sites for hydroxylation is 1. The van der Waals surface area contributed by atoms with E-state index in [1.807, 2.05) is 76.2 Å². The molecule has 1 aliphatic heterocycles. The van der Waals surface area contributed by atoms with E-state index in [9.17, 15) is 19.5 Å². The predicted octanol–water partition coefficient (Wildman–Crippen LogP) is 3.40. The number of nitrogens with zero attached hydrogens (tertiary/aromatic N) is 1. The van der Waals surface area contributed by atoms with Gasteiger partial charge in [0.1, 0.15) is 11.8 Å². The Kier molecular flexibility index (Phi) is 10.4. The monoisotopic (exact) mass is 555 g/mol. The summed E-state index contributed by atoms with van der Waals surface area (Å²) in [5.41, 5.74) is 2.52. The van der Waals surface area contributed by atoms with Crippen LogP contribution in [0.2, 0.25) is 0 Å². The van der Waals surface area contributed by atoms with Crippen LogP contribution in [0.15, 0.2) is 48.5 Å². The minimum absolute atomic E-state index is 0.238. The molecule has 9 heteroatoms. The minimum Gasteiger partial charge on any atom is -0.484 e. The third-order valence-electron chi connectivity index (χ3n) is 6.47. The van der Waals surface area contributed by atoms with Crippen molar-refractivity contribution in [3.05, 3.63) is 65.2 Å². The van der Waals surface area contributed by atoms with E-state index in [0.29, 0.717) is 23.3 Å². The van der Waals surface area contributed by atoms with Crippen LogP contribution >= 0.6 is 11.8 Å². The zero-order chi connectivity index (χ0) is 28.7. The van der Waals surface area contributed by atoms with E-state index in [1.54, 1.807) is 0 Å². The molecule has 1 fully saturated rings. The van der Waals surface area contributed by atoms with E-state index in [2.05, 4.69) is 24.5 Å². The number of carbonyl (C=O) groups is 3. The van der Waals surface area contributed by atoms with Crippen molar-refractivity contribution in [2.45, 2.75) is 77.6 Å². The molecular formula is C30H41N3O5S. The van der Waals surface area contributed by atoms with Crippen LogP contribution in [0.5, 0.6) is 5.75 Å². The van der Waals surface area contributed by atoms with Gasteiger partial charge in [0.2, 0.25) is 5.91 Å². The lowest BCUT2D eigenvalue weighted by atomic mass is 9.99. The number of aliphatic hydroxyl groups is 1. The van der Waals surface area contributed by atoms with Crippen LogP contribution in [-0.4, -0.2) is 69.7 Å². The number of thioether (sulfide) groups is 1. The van der Waals surface area contributed by atoms with Crippen molar-refractivity contribution >= 4 is 29.5 Å². The summed E-state index contributed by atoms with van der Waals surface area (Å²) in [7, 11) is 0. The first-order valence-electron chi connectivity index (χ1n) is 13.3. The molecule has 39 heavy (non-hydrogen) atoms. The maximum absolute atomic E-state index is 13.4. The highest BCUT2D eigenvalue weighted by Crippen LogP contribution is 2.25. The van der Waals surface area contributed by atoms with Gasteiger partial charge in [0.05, 0.1) is 11.9 Å². The van der Waals surface area contributed by atoms with E-state index in [0.717, 1.165) is 11.1 Å². The van der Waals surface area contributed by atoms with E-state index in [1.165, 1.54) is 22.2 Å². The standard InChI is InChI=1S/C30H41N3O5S/c1-19(2)22-12-13-25(20(3)14-22)38-16-26(34)31-23(15-21-10-8-7-9-11-21)27(35)29(37)33-18-39-17-24(33)28(36)32-30(4,5)6/h7-14,19,23-24,27,35H,15-18H2,1-6H3,(H,31,34)(H,32,36)/t23-,24-,27-/m0/s1. The van der Waals surface area contributed by atoms with Crippen LogP contribution in [0, 0.1) is 6.92 Å². The molecule has 3 amide bonds. The van der Waals surface area contributed by atoms with Crippen molar-refractivity contribution in [1.82, 2.24) is 15.5 Å². The maximum atomic E-state index is 13.4. The van der Waals surface area contributed by atoms with Crippen LogP contribution < -0.4 is 15.4 Å². The number of rotatable bonds is 10. The summed E-state index contributed by atoms with van der Waals surface area (Å²) in [6.07, 6.45) is -1.30. The highest BCUT2D eigenvalue weighted by atomic mass is 32.2. The largest absolute Gasteiger partial charge is 0.484 e. The second-order valence-electron chi connectivity index (χ2n) is 11.3. The Morgan fingerprint density at radius 1 is 1.13 bits per heavy atom. The molecule has 0 radical (unpaired) electrons. The van der Waals surface area contributed by atoms with Gasteiger partial charge in [-0.05, 0) is 62.8 Å². The quantitative estimate of drug-likeness (QED) is 0.415. The lowest BCUT2D eigenvalue weighted by molar-refractivity contribution is -0.147. The molecule has 0 unspecified atom stereocenters. The summed E-state index contributed by atoms with van der Waals surface area (Å²) < 4.78 is 5.77. The Hall–Kier alpha value is -3.04. The highest BCUT2D eigenvalue weighted by Gasteiger charge is 2.40. The lowest BCUT2D eigenvalue weighted by Crippen LogP contribution is -2.58. The molecular weight excluding hydrogens is 514 g/mol. The molecule has 0 aliphatic carbocycles. The summed E-state index contributed by atoms with van der Waals surface area (Å²) in [4.78, 5) is 40.6. The fourth-order valence-corrected chi connectivity index (χ4v) is 5.53. The highest BCUT2D eigenvalue weighted by molar-refractivity contribution is 7.99. The summed E-state index contributed by atoms with van der Waals surface area (Å²) in [6, 6.07) is 13.6. The number of carbonyl (C=O) groups excluding carboxylic acids is 3. The number of benzene rings is 2. The molecule has 1 aliphatic rings. The molecule has 0 aromatic heterocycles. The summed E-state index contributed by atoms with van der Waals surface area (Å²) in [5, 5.41) is 16.9. The van der Waals surface area contributed by atoms with Crippen LogP contribution in [0.3, 0.4) is 0 Å². The average Bonchev–Trinajstić information content (AvgIpc) is 3.36. The van der Waals surface area contributed by atoms with E-state index in [4.69, 9.17) is 4.74 Å². The summed E-state index contributed by atoms with van der Waals surface area (Å²) in [6.45, 7) is 11.5. The Morgan fingerprint density at radius 2 is 1.82 bits per heavy atom. The van der Waals surface area contributed by atoms with Gasteiger partial charge in [0.25, 0.3) is 11.8 Å². The normalized spacial score (nSPS) is 17.0. The van der Waals surface area contributed by atoms with E-state index < -0.39 is 35.5 Å². The lowest BCUT2D eigenvalue weighted by Gasteiger charge is -2.31. The molecule has 1 saturated heterocycles. The molecule has 0 bridgehead atoms. The van der Waals surface area contributed by atoms with Gasteiger partial charge >= 0.3 is 0 Å². The van der Waals surface area contributed by atoms with Crippen molar-refractivity contribution < 1.29 is 24.2 Å². The predicted molar refractivity (Wildman–Crippen MR) is 155 cm³/mol. The topological polar surface area (TPSA) is 108 Å². The second kappa shape index (κ2) is 13.3. The van der Waals surface area contributed by atoms with Gasteiger partial charge in [0.15, 0.2) is 12.7 Å². The molecule has 2 aromatic carbocycles. The van der Waals surface area contributed by atoms with Crippen LogP contribution in [0.1, 0.15) is 57.2 Å². The van der Waals surface area contributed by atoms with Gasteiger partial charge in [0, 0.05) is 11.3 Å². The fraction of sp³-hybridized carbons (Fsp3) is 0.500. The van der Waals surface area contributed by atoms with Crippen LogP contribution in [0.4, 0.5) is 0 Å². The Labute approximate surface area is 235 Å². The van der Waals surface area contributed by atoms with Gasteiger partial charge < -0.3 is 25.4 Å². The van der Waals surface area contributed by atoms with Crippen molar-refractivity contribution in [2.75, 3.05) is 18.2 Å². The molecule has 0 spiro atoms. The van der Waals surface area contributed by atoms with Crippen LogP contribution in [0.25, 0.3) is 0 Å². The fourth-order valence-electron chi connectivity index (χ4n) is 4.37. The van der Waals surface area contributed by atoms with Crippen molar-refractivity contribution in [2.24, 2.45) is 0 Å². The van der Waals surface area contributed by atoms with Gasteiger partial charge in [-0.3, -0.25) is 14.4 Å². The van der Waals surface area contributed by atoms with Gasteiger partial charge in [-0.15, -0.1) is 11.8 Å². The maximum Gasteiger partial charge on any atom is 0.258 e. The SMILES string of the molecule is Cc1cc(C(C)C)ccc1OCC(=O)N[C@@H](Cc1ccccc1)[C@H](O)C(=O)N1CSC[C@H]1C(=O)NC(C)(C)C. The number of nitrogens with one attached hydrogen (secondary N) is 2. The third-order valence-corrected chi connectivity index (χ3v) is 7.48. The Balaban J connectivity index is 1.72. The molecule has 3 atom stereocenters. The first-order chi connectivity index (χ1) is 18.4. The van der Waals surface area contributed by atoms with E-state index in [-0.39, 0.29) is 18.9 Å². The Bertz CT molecular complexity index is 1150. The first-order valence-corrected chi connectivity index (χ1v) is 14.5. The number of aliphatic hydroxyl groups excluding tert-OH is 1. The molecule has 212 valence electrons. The second-order valence-corrected chi connectivity index (χ2v) is 12.3. The van der Waals surface area contributed by atoms with E-state index >= 15 is 0 Å². The average molecular weight is 556 g/mol. The molecule has 8 nitrogen and oxygen atoms in total. The van der Waals surface area contributed by atoms with Gasteiger partial charge in [-0.2, -0.15) is 0 Å². The van der Waals surface area contributed by atoms with Crippen molar-refractivity contribution in [1.29, 1.82) is 0 Å². The molecule has 2 aromatic rings. The van der Waals surface area contributed by atoms with Crippen molar-refractivity contribution in [3.63, 3.8) is 0 Å². The summed E-state index contributed by atoms with van der Waals surface area (Å²) in [5.74, 6) is 0.422. The van der Waals surface area contributed by atoms with Gasteiger partial charge in [-0.25, -0.2) is 0 Å².